The molecule has 0 aromatic carbocycles. The lowest BCUT2D eigenvalue weighted by Gasteiger charge is -2.06. The third kappa shape index (κ3) is 3.61. The van der Waals surface area contributed by atoms with Crippen LogP contribution in [0.5, 0.6) is 0 Å². The van der Waals surface area contributed by atoms with Crippen molar-refractivity contribution in [3.8, 4) is 0 Å². The molecule has 1 aromatic heterocycles. The lowest BCUT2D eigenvalue weighted by Crippen LogP contribution is -2.38. The summed E-state index contributed by atoms with van der Waals surface area (Å²) in [5, 5.41) is 9.20. The number of hydrogen-bond donors (Lipinski definition) is 3. The second kappa shape index (κ2) is 5.84. The highest BCUT2D eigenvalue weighted by Crippen LogP contribution is 1.93. The van der Waals surface area contributed by atoms with Gasteiger partial charge in [-0.05, 0) is 19.1 Å². The van der Waals surface area contributed by atoms with Crippen LogP contribution in [-0.2, 0) is 18.4 Å². The molecule has 1 atom stereocenters. The Balaban J connectivity index is 0.00000196. The van der Waals surface area contributed by atoms with Crippen molar-refractivity contribution in [1.29, 1.82) is 0 Å². The Hall–Kier alpha value is -0.920. The Morgan fingerprint density at radius 2 is 2.40 bits per heavy atom. The molecular weight excluding hydrogens is 238 g/mol. The molecule has 1 amide bonds. The van der Waals surface area contributed by atoms with Crippen molar-refractivity contribution in [2.45, 2.75) is 19.5 Å². The number of H-pyrrole nitrogens is 1. The predicted octanol–water partition coefficient (Wildman–Crippen LogP) is -0.137. The largest absolute Gasteiger partial charge is 0.347 e. The molecule has 0 saturated carbocycles. The molecular formula is C7H14ClN5OS. The predicted molar refractivity (Wildman–Crippen MR) is 61.1 cm³/mol. The quantitative estimate of drug-likeness (QED) is 0.653. The van der Waals surface area contributed by atoms with E-state index in [4.69, 9.17) is 18.0 Å². The number of carbonyl (C=O) groups is 1. The summed E-state index contributed by atoms with van der Waals surface area (Å²) in [6.07, 6.45) is 0. The van der Waals surface area contributed by atoms with Gasteiger partial charge < -0.3 is 15.6 Å². The Kier molecular flexibility index (Phi) is 5.48. The fourth-order valence-electron chi connectivity index (χ4n) is 0.865. The second-order valence-corrected chi connectivity index (χ2v) is 3.40. The molecule has 0 aliphatic heterocycles. The summed E-state index contributed by atoms with van der Waals surface area (Å²) in [4.78, 5) is 11.1. The molecule has 1 rings (SSSR count). The molecule has 86 valence electrons. The number of halogens is 1. The summed E-state index contributed by atoms with van der Waals surface area (Å²) in [5.74, 6) is 0.461. The first kappa shape index (κ1) is 14.1. The van der Waals surface area contributed by atoms with E-state index in [0.29, 0.717) is 17.1 Å². The molecule has 0 aliphatic rings. The maximum absolute atomic E-state index is 11.1. The van der Waals surface area contributed by atoms with Gasteiger partial charge in [0.2, 0.25) is 5.91 Å². The van der Waals surface area contributed by atoms with Crippen molar-refractivity contribution in [1.82, 2.24) is 20.1 Å². The van der Waals surface area contributed by atoms with Gasteiger partial charge in [-0.25, -0.2) is 0 Å². The number of amides is 1. The van der Waals surface area contributed by atoms with Crippen LogP contribution in [0.15, 0.2) is 0 Å². The topological polar surface area (TPSA) is 88.7 Å². The van der Waals surface area contributed by atoms with Gasteiger partial charge in [-0.2, -0.15) is 5.10 Å². The zero-order valence-corrected chi connectivity index (χ0v) is 10.1. The van der Waals surface area contributed by atoms with Crippen molar-refractivity contribution in [2.75, 3.05) is 0 Å². The van der Waals surface area contributed by atoms with Gasteiger partial charge in [-0.15, -0.1) is 12.4 Å². The zero-order valence-electron chi connectivity index (χ0n) is 8.48. The lowest BCUT2D eigenvalue weighted by atomic mass is 10.3. The van der Waals surface area contributed by atoms with Gasteiger partial charge >= 0.3 is 0 Å². The summed E-state index contributed by atoms with van der Waals surface area (Å²) in [6.45, 7) is 1.95. The normalized spacial score (nSPS) is 11.7. The fourth-order valence-corrected chi connectivity index (χ4v) is 1.02. The van der Waals surface area contributed by atoms with Crippen LogP contribution in [0.3, 0.4) is 0 Å². The molecule has 0 radical (unpaired) electrons. The van der Waals surface area contributed by atoms with Crippen molar-refractivity contribution in [2.24, 2.45) is 12.8 Å². The summed E-state index contributed by atoms with van der Waals surface area (Å²) in [5.41, 5.74) is 5.38. The summed E-state index contributed by atoms with van der Waals surface area (Å²) in [7, 11) is 1.78. The minimum Gasteiger partial charge on any atom is -0.347 e. The lowest BCUT2D eigenvalue weighted by molar-refractivity contribution is -0.122. The van der Waals surface area contributed by atoms with E-state index in [2.05, 4.69) is 15.5 Å². The maximum Gasteiger partial charge on any atom is 0.237 e. The standard InChI is InChI=1S/C7H13N5OS.ClH/c1-4(8)6(13)9-3-5-10-11-7(14)12(5)2;/h4H,3,8H2,1-2H3,(H,9,13)(H,11,14);1H/t4-;/m1./s1. The average molecular weight is 252 g/mol. The van der Waals surface area contributed by atoms with Crippen LogP contribution in [0.1, 0.15) is 12.7 Å². The number of nitrogens with two attached hydrogens (primary N) is 1. The van der Waals surface area contributed by atoms with Crippen LogP contribution in [0.4, 0.5) is 0 Å². The van der Waals surface area contributed by atoms with Crippen molar-refractivity contribution >= 4 is 30.5 Å². The van der Waals surface area contributed by atoms with E-state index in [1.54, 1.807) is 18.5 Å². The van der Waals surface area contributed by atoms with Crippen LogP contribution in [0.25, 0.3) is 0 Å². The van der Waals surface area contributed by atoms with Crippen LogP contribution in [-0.4, -0.2) is 26.7 Å². The molecule has 0 aliphatic carbocycles. The Morgan fingerprint density at radius 1 is 1.80 bits per heavy atom. The van der Waals surface area contributed by atoms with Crippen LogP contribution < -0.4 is 11.1 Å². The third-order valence-corrected chi connectivity index (χ3v) is 2.17. The van der Waals surface area contributed by atoms with E-state index >= 15 is 0 Å². The maximum atomic E-state index is 11.1. The molecule has 15 heavy (non-hydrogen) atoms. The number of aromatic amines is 1. The van der Waals surface area contributed by atoms with E-state index in [1.165, 1.54) is 0 Å². The molecule has 0 spiro atoms. The van der Waals surface area contributed by atoms with E-state index in [1.807, 2.05) is 0 Å². The van der Waals surface area contributed by atoms with E-state index in [-0.39, 0.29) is 18.3 Å². The second-order valence-electron chi connectivity index (χ2n) is 3.01. The van der Waals surface area contributed by atoms with Gasteiger partial charge in [0.15, 0.2) is 10.6 Å². The smallest absolute Gasteiger partial charge is 0.237 e. The molecule has 8 heteroatoms. The number of nitrogens with zero attached hydrogens (tertiary/aromatic N) is 2. The third-order valence-electron chi connectivity index (χ3n) is 1.81. The van der Waals surface area contributed by atoms with Gasteiger partial charge in [0.05, 0.1) is 12.6 Å². The number of hydrogen-bond acceptors (Lipinski definition) is 4. The number of aromatic nitrogens is 3. The summed E-state index contributed by atoms with van der Waals surface area (Å²) in [6, 6.07) is -0.512. The van der Waals surface area contributed by atoms with Crippen molar-refractivity contribution in [3.05, 3.63) is 10.6 Å². The van der Waals surface area contributed by atoms with Crippen molar-refractivity contribution in [3.63, 3.8) is 0 Å². The number of rotatable bonds is 3. The Morgan fingerprint density at radius 3 is 2.80 bits per heavy atom. The van der Waals surface area contributed by atoms with E-state index in [0.717, 1.165) is 0 Å². The molecule has 0 unspecified atom stereocenters. The monoisotopic (exact) mass is 251 g/mol. The first-order chi connectivity index (χ1) is 6.52. The van der Waals surface area contributed by atoms with Crippen LogP contribution >= 0.6 is 24.6 Å². The first-order valence-corrected chi connectivity index (χ1v) is 4.56. The van der Waals surface area contributed by atoms with E-state index in [9.17, 15) is 4.79 Å². The molecule has 4 N–H and O–H groups in total. The minimum atomic E-state index is -0.512. The molecule has 0 fully saturated rings. The van der Waals surface area contributed by atoms with E-state index < -0.39 is 6.04 Å². The van der Waals surface area contributed by atoms with Crippen molar-refractivity contribution < 1.29 is 4.79 Å². The van der Waals surface area contributed by atoms with Crippen LogP contribution in [0, 0.1) is 4.77 Å². The van der Waals surface area contributed by atoms with Gasteiger partial charge in [-0.3, -0.25) is 9.89 Å². The summed E-state index contributed by atoms with van der Waals surface area (Å²) >= 11 is 4.91. The molecule has 0 saturated heterocycles. The average Bonchev–Trinajstić information content (AvgIpc) is 2.44. The molecule has 6 nitrogen and oxygen atoms in total. The number of nitrogens with one attached hydrogen (secondary N) is 2. The van der Waals surface area contributed by atoms with Crippen LogP contribution in [0.2, 0.25) is 0 Å². The molecule has 0 bridgehead atoms. The SMILES string of the molecule is C[C@@H](N)C(=O)NCc1n[nH]c(=S)n1C.Cl. The van der Waals surface area contributed by atoms with Gasteiger partial charge in [-0.1, -0.05) is 0 Å². The first-order valence-electron chi connectivity index (χ1n) is 4.16. The summed E-state index contributed by atoms with van der Waals surface area (Å²) < 4.78 is 2.21. The number of carbonyl (C=O) groups excluding carboxylic acids is 1. The minimum absolute atomic E-state index is 0. The van der Waals surface area contributed by atoms with Gasteiger partial charge in [0.25, 0.3) is 0 Å². The molecule has 1 aromatic rings. The van der Waals surface area contributed by atoms with Gasteiger partial charge in [0, 0.05) is 7.05 Å². The van der Waals surface area contributed by atoms with Gasteiger partial charge in [0.1, 0.15) is 0 Å². The fraction of sp³-hybridized carbons (Fsp3) is 0.571. The highest BCUT2D eigenvalue weighted by molar-refractivity contribution is 7.71. The Labute approximate surface area is 98.6 Å². The molecule has 1 heterocycles. The zero-order chi connectivity index (χ0) is 10.7. The Bertz CT molecular complexity index is 385. The highest BCUT2D eigenvalue weighted by Gasteiger charge is 2.08. The highest BCUT2D eigenvalue weighted by atomic mass is 35.5.